The molecule has 0 unspecified atom stereocenters. The van der Waals surface area contributed by atoms with Crippen molar-refractivity contribution in [3.05, 3.63) is 60.4 Å². The van der Waals surface area contributed by atoms with Crippen molar-refractivity contribution in [1.29, 1.82) is 0 Å². The second kappa shape index (κ2) is 6.39. The van der Waals surface area contributed by atoms with E-state index in [1.165, 1.54) is 0 Å². The first-order valence-corrected chi connectivity index (χ1v) is 7.94. The molecule has 6 heteroatoms. The number of anilines is 1. The highest BCUT2D eigenvalue weighted by atomic mass is 79.9. The van der Waals surface area contributed by atoms with Crippen LogP contribution in [0.15, 0.2) is 49.8 Å². The molecule has 0 aliphatic carbocycles. The fraction of sp³-hybridized carbons (Fsp3) is 0. The van der Waals surface area contributed by atoms with Gasteiger partial charge in [-0.3, -0.25) is 4.79 Å². The van der Waals surface area contributed by atoms with Crippen LogP contribution >= 0.6 is 59.4 Å². The van der Waals surface area contributed by atoms with Gasteiger partial charge in [0.25, 0.3) is 5.91 Å². The molecular formula is C13H7Br3ClNO. The SMILES string of the molecule is O=C(Nc1ccc(Br)cc1Br)c1ccc(Br)c(Cl)c1. The van der Waals surface area contributed by atoms with Gasteiger partial charge in [-0.05, 0) is 68.3 Å². The number of benzene rings is 2. The van der Waals surface area contributed by atoms with Crippen molar-refractivity contribution in [3.8, 4) is 0 Å². The summed E-state index contributed by atoms with van der Waals surface area (Å²) in [5, 5.41) is 3.32. The van der Waals surface area contributed by atoms with Crippen LogP contribution in [0.1, 0.15) is 10.4 Å². The van der Waals surface area contributed by atoms with Crippen LogP contribution < -0.4 is 5.32 Å². The fourth-order valence-corrected chi connectivity index (χ4v) is 3.00. The van der Waals surface area contributed by atoms with Gasteiger partial charge in [0.2, 0.25) is 0 Å². The summed E-state index contributed by atoms with van der Waals surface area (Å²) >= 11 is 16.0. The summed E-state index contributed by atoms with van der Waals surface area (Å²) in [6.07, 6.45) is 0. The van der Waals surface area contributed by atoms with Crippen molar-refractivity contribution >= 4 is 71.0 Å². The van der Waals surface area contributed by atoms with Gasteiger partial charge < -0.3 is 5.32 Å². The van der Waals surface area contributed by atoms with Crippen LogP contribution in [-0.4, -0.2) is 5.91 Å². The predicted octanol–water partition coefficient (Wildman–Crippen LogP) is 5.88. The van der Waals surface area contributed by atoms with Gasteiger partial charge in [0.15, 0.2) is 0 Å². The number of nitrogens with one attached hydrogen (secondary N) is 1. The van der Waals surface area contributed by atoms with E-state index in [2.05, 4.69) is 53.1 Å². The summed E-state index contributed by atoms with van der Waals surface area (Å²) in [6, 6.07) is 10.6. The number of carbonyl (C=O) groups is 1. The maximum absolute atomic E-state index is 12.1. The molecule has 1 amide bonds. The van der Waals surface area contributed by atoms with Gasteiger partial charge in [-0.1, -0.05) is 27.5 Å². The van der Waals surface area contributed by atoms with Crippen molar-refractivity contribution in [1.82, 2.24) is 0 Å². The third kappa shape index (κ3) is 3.81. The van der Waals surface area contributed by atoms with Crippen LogP contribution in [0.25, 0.3) is 0 Å². The molecule has 0 saturated carbocycles. The summed E-state index contributed by atoms with van der Waals surface area (Å²) < 4.78 is 2.50. The molecule has 19 heavy (non-hydrogen) atoms. The molecule has 98 valence electrons. The monoisotopic (exact) mass is 465 g/mol. The van der Waals surface area contributed by atoms with Crippen molar-refractivity contribution in [2.75, 3.05) is 5.32 Å². The van der Waals surface area contributed by atoms with Gasteiger partial charge in [-0.25, -0.2) is 0 Å². The Kier molecular flexibility index (Phi) is 5.06. The van der Waals surface area contributed by atoms with Gasteiger partial charge in [0, 0.05) is 19.0 Å². The topological polar surface area (TPSA) is 29.1 Å². The van der Waals surface area contributed by atoms with Crippen molar-refractivity contribution in [3.63, 3.8) is 0 Å². The van der Waals surface area contributed by atoms with E-state index in [1.54, 1.807) is 18.2 Å². The van der Waals surface area contributed by atoms with Crippen LogP contribution in [-0.2, 0) is 0 Å². The quantitative estimate of drug-likeness (QED) is 0.586. The van der Waals surface area contributed by atoms with E-state index in [9.17, 15) is 4.79 Å². The van der Waals surface area contributed by atoms with Crippen molar-refractivity contribution in [2.24, 2.45) is 0 Å². The molecule has 0 aliphatic rings. The lowest BCUT2D eigenvalue weighted by atomic mass is 10.2. The minimum atomic E-state index is -0.211. The van der Waals surface area contributed by atoms with E-state index < -0.39 is 0 Å². The van der Waals surface area contributed by atoms with Crippen LogP contribution in [0.4, 0.5) is 5.69 Å². The lowest BCUT2D eigenvalue weighted by Crippen LogP contribution is -2.12. The first-order valence-electron chi connectivity index (χ1n) is 5.19. The molecule has 0 atom stereocenters. The first kappa shape index (κ1) is 15.0. The van der Waals surface area contributed by atoms with E-state index >= 15 is 0 Å². The van der Waals surface area contributed by atoms with Gasteiger partial charge in [0.05, 0.1) is 10.7 Å². The molecule has 2 aromatic carbocycles. The molecule has 0 bridgehead atoms. The standard InChI is InChI=1S/C13H7Br3ClNO/c14-8-2-4-12(10(16)6-8)18-13(19)7-1-3-9(15)11(17)5-7/h1-6H,(H,18,19). The Balaban J connectivity index is 2.23. The molecule has 1 N–H and O–H groups in total. The normalized spacial score (nSPS) is 10.3. The van der Waals surface area contributed by atoms with Gasteiger partial charge in [0.1, 0.15) is 0 Å². The zero-order valence-corrected chi connectivity index (χ0v) is 14.9. The highest BCUT2D eigenvalue weighted by Gasteiger charge is 2.10. The number of hydrogen-bond donors (Lipinski definition) is 1. The van der Waals surface area contributed by atoms with E-state index in [-0.39, 0.29) is 5.91 Å². The Bertz CT molecular complexity index is 646. The lowest BCUT2D eigenvalue weighted by molar-refractivity contribution is 0.102. The van der Waals surface area contributed by atoms with Crippen molar-refractivity contribution in [2.45, 2.75) is 0 Å². The number of amides is 1. The molecule has 0 fully saturated rings. The highest BCUT2D eigenvalue weighted by Crippen LogP contribution is 2.27. The molecule has 2 rings (SSSR count). The van der Waals surface area contributed by atoms with Crippen LogP contribution in [0.3, 0.4) is 0 Å². The summed E-state index contributed by atoms with van der Waals surface area (Å²) in [7, 11) is 0. The largest absolute Gasteiger partial charge is 0.321 e. The molecule has 0 heterocycles. The van der Waals surface area contributed by atoms with Gasteiger partial charge in [-0.2, -0.15) is 0 Å². The molecule has 0 saturated heterocycles. The van der Waals surface area contributed by atoms with Crippen LogP contribution in [0.2, 0.25) is 5.02 Å². The second-order valence-electron chi connectivity index (χ2n) is 3.71. The Labute approximate surface area is 140 Å². The third-order valence-electron chi connectivity index (χ3n) is 2.36. The highest BCUT2D eigenvalue weighted by molar-refractivity contribution is 9.11. The summed E-state index contributed by atoms with van der Waals surface area (Å²) in [5.74, 6) is -0.211. The van der Waals surface area contributed by atoms with E-state index in [4.69, 9.17) is 11.6 Å². The summed E-state index contributed by atoms with van der Waals surface area (Å²) in [6.45, 7) is 0. The Morgan fingerprint density at radius 3 is 2.37 bits per heavy atom. The van der Waals surface area contributed by atoms with Gasteiger partial charge >= 0.3 is 0 Å². The molecule has 0 aliphatic heterocycles. The molecule has 0 radical (unpaired) electrons. The Morgan fingerprint density at radius 1 is 1.00 bits per heavy atom. The van der Waals surface area contributed by atoms with E-state index in [0.717, 1.165) is 13.4 Å². The molecule has 0 aromatic heterocycles. The third-order valence-corrected chi connectivity index (χ3v) is 4.74. The predicted molar refractivity (Wildman–Crippen MR) is 88.9 cm³/mol. The number of carbonyl (C=O) groups excluding carboxylic acids is 1. The summed E-state index contributed by atoms with van der Waals surface area (Å²) in [5.41, 5.74) is 1.20. The number of rotatable bonds is 2. The zero-order chi connectivity index (χ0) is 14.0. The van der Waals surface area contributed by atoms with Crippen LogP contribution in [0.5, 0.6) is 0 Å². The number of halogens is 4. The molecule has 2 nitrogen and oxygen atoms in total. The first-order chi connectivity index (χ1) is 8.97. The zero-order valence-electron chi connectivity index (χ0n) is 9.38. The smallest absolute Gasteiger partial charge is 0.255 e. The number of hydrogen-bond acceptors (Lipinski definition) is 1. The maximum atomic E-state index is 12.1. The van der Waals surface area contributed by atoms with Crippen molar-refractivity contribution < 1.29 is 4.79 Å². The average molecular weight is 468 g/mol. The average Bonchev–Trinajstić information content (AvgIpc) is 2.36. The molecule has 2 aromatic rings. The van der Waals surface area contributed by atoms with Gasteiger partial charge in [-0.15, -0.1) is 0 Å². The molecule has 0 spiro atoms. The lowest BCUT2D eigenvalue weighted by Gasteiger charge is -2.08. The second-order valence-corrected chi connectivity index (χ2v) is 6.74. The Morgan fingerprint density at radius 2 is 1.74 bits per heavy atom. The van der Waals surface area contributed by atoms with E-state index in [1.807, 2.05) is 18.2 Å². The Hall–Kier alpha value is -0.360. The maximum Gasteiger partial charge on any atom is 0.255 e. The fourth-order valence-electron chi connectivity index (χ4n) is 1.42. The molecular weight excluding hydrogens is 461 g/mol. The summed E-state index contributed by atoms with van der Waals surface area (Å²) in [4.78, 5) is 12.1. The minimum absolute atomic E-state index is 0.211. The minimum Gasteiger partial charge on any atom is -0.321 e. The van der Waals surface area contributed by atoms with E-state index in [0.29, 0.717) is 16.3 Å². The van der Waals surface area contributed by atoms with Crippen LogP contribution in [0, 0.1) is 0 Å².